The van der Waals surface area contributed by atoms with Gasteiger partial charge in [0.25, 0.3) is 0 Å². The Labute approximate surface area is 91.5 Å². The second kappa shape index (κ2) is 6.25. The zero-order valence-electron chi connectivity index (χ0n) is 9.45. The Kier molecular flexibility index (Phi) is 4.91. The maximum Gasteiger partial charge on any atom is 0.189 e. The lowest BCUT2D eigenvalue weighted by Crippen LogP contribution is -2.03. The van der Waals surface area contributed by atoms with E-state index < -0.39 is 0 Å². The fourth-order valence-corrected chi connectivity index (χ4v) is 1.36. The quantitative estimate of drug-likeness (QED) is 0.404. The average molecular weight is 206 g/mol. The second-order valence-corrected chi connectivity index (χ2v) is 3.35. The lowest BCUT2D eigenvalue weighted by molar-refractivity contribution is 0.0220. The highest BCUT2D eigenvalue weighted by Crippen LogP contribution is 2.19. The van der Waals surface area contributed by atoms with E-state index >= 15 is 0 Å². The second-order valence-electron chi connectivity index (χ2n) is 3.35. The Morgan fingerprint density at radius 2 is 2.20 bits per heavy atom. The van der Waals surface area contributed by atoms with Crippen LogP contribution in [0.4, 0.5) is 0 Å². The lowest BCUT2D eigenvalue weighted by Gasteiger charge is -2.09. The molecule has 1 rings (SSSR count). The van der Waals surface area contributed by atoms with Crippen LogP contribution in [0, 0.1) is 6.92 Å². The van der Waals surface area contributed by atoms with Crippen molar-refractivity contribution in [1.82, 2.24) is 0 Å². The Morgan fingerprint density at radius 3 is 2.80 bits per heavy atom. The molecule has 0 fully saturated rings. The largest absolute Gasteiger partial charge is 0.467 e. The zero-order valence-corrected chi connectivity index (χ0v) is 9.45. The number of hydrogen-bond acceptors (Lipinski definition) is 2. The van der Waals surface area contributed by atoms with Crippen LogP contribution >= 0.6 is 0 Å². The van der Waals surface area contributed by atoms with Gasteiger partial charge in [-0.15, -0.1) is 6.58 Å². The standard InChI is InChI=1S/C13H18O2/c1-4-6-12-7-8-13(11(3)9-12)15-10-14-5-2/h4,7-9H,1,5-6,10H2,2-3H3. The highest BCUT2D eigenvalue weighted by Gasteiger charge is 2.00. The number of hydrogen-bond donors (Lipinski definition) is 0. The van der Waals surface area contributed by atoms with Crippen molar-refractivity contribution in [3.05, 3.63) is 42.0 Å². The van der Waals surface area contributed by atoms with Crippen molar-refractivity contribution < 1.29 is 9.47 Å². The van der Waals surface area contributed by atoms with Crippen LogP contribution in [0.1, 0.15) is 18.1 Å². The molecular weight excluding hydrogens is 188 g/mol. The minimum Gasteiger partial charge on any atom is -0.467 e. The van der Waals surface area contributed by atoms with Gasteiger partial charge in [0.05, 0.1) is 0 Å². The topological polar surface area (TPSA) is 18.5 Å². The predicted molar refractivity (Wildman–Crippen MR) is 62.2 cm³/mol. The monoisotopic (exact) mass is 206 g/mol. The van der Waals surface area contributed by atoms with Gasteiger partial charge in [-0.05, 0) is 37.5 Å². The van der Waals surface area contributed by atoms with E-state index in [0.29, 0.717) is 13.4 Å². The van der Waals surface area contributed by atoms with Gasteiger partial charge in [0.15, 0.2) is 6.79 Å². The summed E-state index contributed by atoms with van der Waals surface area (Å²) in [4.78, 5) is 0. The van der Waals surface area contributed by atoms with E-state index in [9.17, 15) is 0 Å². The molecule has 0 heterocycles. The van der Waals surface area contributed by atoms with Gasteiger partial charge >= 0.3 is 0 Å². The van der Waals surface area contributed by atoms with Crippen LogP contribution in [0.5, 0.6) is 5.75 Å². The van der Waals surface area contributed by atoms with Crippen molar-refractivity contribution in [1.29, 1.82) is 0 Å². The predicted octanol–water partition coefficient (Wildman–Crippen LogP) is 3.10. The van der Waals surface area contributed by atoms with Crippen LogP contribution in [0.2, 0.25) is 0 Å². The summed E-state index contributed by atoms with van der Waals surface area (Å²) in [6.45, 7) is 8.69. The van der Waals surface area contributed by atoms with Gasteiger partial charge in [-0.2, -0.15) is 0 Å². The Morgan fingerprint density at radius 1 is 1.40 bits per heavy atom. The van der Waals surface area contributed by atoms with E-state index in [1.165, 1.54) is 5.56 Å². The van der Waals surface area contributed by atoms with Crippen LogP contribution in [0.15, 0.2) is 30.9 Å². The van der Waals surface area contributed by atoms with Crippen LogP contribution in [0.25, 0.3) is 0 Å². The van der Waals surface area contributed by atoms with Crippen molar-refractivity contribution >= 4 is 0 Å². The van der Waals surface area contributed by atoms with Crippen LogP contribution in [-0.4, -0.2) is 13.4 Å². The number of ether oxygens (including phenoxy) is 2. The molecule has 0 atom stereocenters. The van der Waals surface area contributed by atoms with E-state index in [1.807, 2.05) is 26.0 Å². The van der Waals surface area contributed by atoms with Crippen molar-refractivity contribution in [2.75, 3.05) is 13.4 Å². The lowest BCUT2D eigenvalue weighted by atomic mass is 10.1. The molecule has 0 radical (unpaired) electrons. The van der Waals surface area contributed by atoms with Crippen molar-refractivity contribution in [3.63, 3.8) is 0 Å². The normalized spacial score (nSPS) is 10.0. The molecule has 0 aliphatic rings. The molecule has 82 valence electrons. The highest BCUT2D eigenvalue weighted by atomic mass is 16.7. The molecule has 0 saturated heterocycles. The smallest absolute Gasteiger partial charge is 0.189 e. The van der Waals surface area contributed by atoms with Crippen molar-refractivity contribution in [2.45, 2.75) is 20.3 Å². The van der Waals surface area contributed by atoms with Gasteiger partial charge in [-0.1, -0.05) is 18.2 Å². The summed E-state index contributed by atoms with van der Waals surface area (Å²) in [5.41, 5.74) is 2.39. The van der Waals surface area contributed by atoms with Gasteiger partial charge in [-0.3, -0.25) is 0 Å². The third kappa shape index (κ3) is 3.76. The van der Waals surface area contributed by atoms with Crippen molar-refractivity contribution in [3.8, 4) is 5.75 Å². The van der Waals surface area contributed by atoms with Crippen LogP contribution in [0.3, 0.4) is 0 Å². The number of allylic oxidation sites excluding steroid dienone is 1. The summed E-state index contributed by atoms with van der Waals surface area (Å²) in [7, 11) is 0. The van der Waals surface area contributed by atoms with Gasteiger partial charge in [0.1, 0.15) is 5.75 Å². The first kappa shape index (κ1) is 11.8. The van der Waals surface area contributed by atoms with E-state index in [2.05, 4.69) is 18.7 Å². The summed E-state index contributed by atoms with van der Waals surface area (Å²) in [6.07, 6.45) is 2.79. The molecule has 0 bridgehead atoms. The molecule has 0 saturated carbocycles. The molecular formula is C13H18O2. The Bertz CT molecular complexity index is 318. The van der Waals surface area contributed by atoms with E-state index in [-0.39, 0.29) is 0 Å². The third-order valence-electron chi connectivity index (χ3n) is 2.12. The van der Waals surface area contributed by atoms with Gasteiger partial charge in [0, 0.05) is 6.61 Å². The fraction of sp³-hybridized carbons (Fsp3) is 0.385. The molecule has 0 aliphatic heterocycles. The van der Waals surface area contributed by atoms with E-state index in [0.717, 1.165) is 17.7 Å². The number of rotatable bonds is 6. The molecule has 0 amide bonds. The minimum absolute atomic E-state index is 0.318. The summed E-state index contributed by atoms with van der Waals surface area (Å²) in [5, 5.41) is 0. The molecule has 2 nitrogen and oxygen atoms in total. The number of aryl methyl sites for hydroxylation is 1. The van der Waals surface area contributed by atoms with Gasteiger partial charge in [0.2, 0.25) is 0 Å². The maximum absolute atomic E-state index is 5.46. The van der Waals surface area contributed by atoms with Crippen LogP contribution in [-0.2, 0) is 11.2 Å². The van der Waals surface area contributed by atoms with Gasteiger partial charge < -0.3 is 9.47 Å². The molecule has 1 aromatic carbocycles. The van der Waals surface area contributed by atoms with Gasteiger partial charge in [-0.25, -0.2) is 0 Å². The first-order chi connectivity index (χ1) is 7.27. The SMILES string of the molecule is C=CCc1ccc(OCOCC)c(C)c1. The molecule has 0 unspecified atom stereocenters. The zero-order chi connectivity index (χ0) is 11.1. The average Bonchev–Trinajstić information content (AvgIpc) is 2.22. The summed E-state index contributed by atoms with van der Waals surface area (Å²) >= 11 is 0. The highest BCUT2D eigenvalue weighted by molar-refractivity contribution is 5.36. The molecule has 0 aromatic heterocycles. The molecule has 1 aromatic rings. The molecule has 2 heteroatoms. The Balaban J connectivity index is 2.61. The third-order valence-corrected chi connectivity index (χ3v) is 2.12. The van der Waals surface area contributed by atoms with E-state index in [1.54, 1.807) is 0 Å². The first-order valence-electron chi connectivity index (χ1n) is 5.19. The number of benzene rings is 1. The van der Waals surface area contributed by atoms with Crippen LogP contribution < -0.4 is 4.74 Å². The molecule has 0 aliphatic carbocycles. The maximum atomic E-state index is 5.46. The Hall–Kier alpha value is -1.28. The minimum atomic E-state index is 0.318. The van der Waals surface area contributed by atoms with E-state index in [4.69, 9.17) is 9.47 Å². The first-order valence-corrected chi connectivity index (χ1v) is 5.19. The molecule has 0 N–H and O–H groups in total. The molecule has 15 heavy (non-hydrogen) atoms. The molecule has 0 spiro atoms. The van der Waals surface area contributed by atoms with Crippen molar-refractivity contribution in [2.24, 2.45) is 0 Å². The fourth-order valence-electron chi connectivity index (χ4n) is 1.36. The summed E-state index contributed by atoms with van der Waals surface area (Å²) in [5.74, 6) is 0.885. The summed E-state index contributed by atoms with van der Waals surface area (Å²) < 4.78 is 10.6. The summed E-state index contributed by atoms with van der Waals surface area (Å²) in [6, 6.07) is 6.14.